The number of hydrogen-bond acceptors (Lipinski definition) is 27. The molecule has 15 unspecified atom stereocenters. The van der Waals surface area contributed by atoms with E-state index in [9.17, 15) is 28.8 Å². The van der Waals surface area contributed by atoms with Crippen molar-refractivity contribution in [1.29, 1.82) is 0 Å². The Hall–Kier alpha value is -5.60. The lowest BCUT2D eigenvalue weighted by Crippen LogP contribution is -2.45. The molecular weight excluding hydrogens is 1180 g/mol. The van der Waals surface area contributed by atoms with E-state index in [1.807, 2.05) is 0 Å². The summed E-state index contributed by atoms with van der Waals surface area (Å²) in [5, 5.41) is 0. The predicted octanol–water partition coefficient (Wildman–Crippen LogP) is 5.73. The summed E-state index contributed by atoms with van der Waals surface area (Å²) in [6.07, 6.45) is -10.6. The van der Waals surface area contributed by atoms with E-state index in [4.69, 9.17) is 99.5 Å². The Bertz CT molecular complexity index is 2890. The Kier molecular flexibility index (Phi) is 18.3. The average Bonchev–Trinajstić information content (AvgIpc) is 1.79. The predicted molar refractivity (Wildman–Crippen MR) is 297 cm³/mol. The molecule has 9 aliphatic rings. The van der Waals surface area contributed by atoms with E-state index in [0.717, 1.165) is 0 Å². The number of benzene rings is 2. The van der Waals surface area contributed by atoms with Crippen LogP contribution in [0.2, 0.25) is 0 Å². The number of hydrogen-bond donors (Lipinski definition) is 0. The molecule has 11 rings (SSSR count). The second-order valence-electron chi connectivity index (χ2n) is 25.7. The first-order valence-corrected chi connectivity index (χ1v) is 29.9. The minimum atomic E-state index is -1.02. The van der Waals surface area contributed by atoms with Crippen LogP contribution in [0.3, 0.4) is 0 Å². The zero-order chi connectivity index (χ0) is 63.6. The molecule has 0 radical (unpaired) electrons. The van der Waals surface area contributed by atoms with Crippen molar-refractivity contribution in [2.45, 2.75) is 248 Å². The van der Waals surface area contributed by atoms with Gasteiger partial charge < -0.3 is 99.5 Å². The van der Waals surface area contributed by atoms with Gasteiger partial charge in [0.25, 0.3) is 0 Å². The normalized spacial score (nSPS) is 34.6. The largest absolute Gasteiger partial charge is 0.456 e. The van der Waals surface area contributed by atoms with Gasteiger partial charge in [0.05, 0.1) is 58.3 Å². The Labute approximate surface area is 513 Å². The zero-order valence-corrected chi connectivity index (χ0v) is 51.7. The van der Waals surface area contributed by atoms with Crippen LogP contribution in [0.1, 0.15) is 133 Å². The van der Waals surface area contributed by atoms with Gasteiger partial charge in [-0.05, 0) is 118 Å². The number of carbonyl (C=O) groups is 6. The molecular formula is C62H78O27. The first-order valence-electron chi connectivity index (χ1n) is 29.9. The van der Waals surface area contributed by atoms with Crippen LogP contribution in [0.15, 0.2) is 42.5 Å². The molecule has 0 saturated carbocycles. The molecule has 0 N–H and O–H groups in total. The van der Waals surface area contributed by atoms with E-state index in [1.165, 1.54) is 18.2 Å². The fourth-order valence-corrected chi connectivity index (χ4v) is 11.9. The summed E-state index contributed by atoms with van der Waals surface area (Å²) in [5.74, 6) is -10.1. The molecule has 9 aliphatic heterocycles. The quantitative estimate of drug-likeness (QED) is 0.0661. The van der Waals surface area contributed by atoms with Crippen LogP contribution in [0.25, 0.3) is 12.2 Å². The summed E-state index contributed by atoms with van der Waals surface area (Å²) >= 11 is 0. The van der Waals surface area contributed by atoms with E-state index >= 15 is 0 Å². The fraction of sp³-hybridized carbons (Fsp3) is 0.677. The molecule has 9 fully saturated rings. The van der Waals surface area contributed by atoms with E-state index in [-0.39, 0.29) is 49.9 Å². The Balaban J connectivity index is 0.716. The van der Waals surface area contributed by atoms with Crippen molar-refractivity contribution in [3.63, 3.8) is 0 Å². The second-order valence-corrected chi connectivity index (χ2v) is 25.7. The summed E-state index contributed by atoms with van der Waals surface area (Å²) in [6, 6.07) is 10.7. The number of esters is 6. The summed E-state index contributed by atoms with van der Waals surface area (Å²) in [5.41, 5.74) is 1.02. The smallest absolute Gasteiger partial charge is 0.311 e. The highest BCUT2D eigenvalue weighted by Crippen LogP contribution is 2.46. The van der Waals surface area contributed by atoms with Crippen molar-refractivity contribution < 1.29 is 128 Å². The molecule has 0 bridgehead atoms. The highest BCUT2D eigenvalue weighted by Gasteiger charge is 2.63. The summed E-state index contributed by atoms with van der Waals surface area (Å²) in [6.45, 7) is 21.4. The molecule has 9 saturated heterocycles. The van der Waals surface area contributed by atoms with Crippen LogP contribution < -0.4 is 14.2 Å². The van der Waals surface area contributed by atoms with Gasteiger partial charge in [0.2, 0.25) is 0 Å². The lowest BCUT2D eigenvalue weighted by molar-refractivity contribution is -0.235. The highest BCUT2D eigenvalue weighted by molar-refractivity contribution is 5.82. The van der Waals surface area contributed by atoms with Crippen molar-refractivity contribution in [3.05, 3.63) is 53.6 Å². The van der Waals surface area contributed by atoms with Gasteiger partial charge in [-0.1, -0.05) is 24.3 Å². The average molecular weight is 1260 g/mol. The summed E-state index contributed by atoms with van der Waals surface area (Å²) < 4.78 is 124. The maximum Gasteiger partial charge on any atom is 0.311 e. The Morgan fingerprint density at radius 3 is 0.978 bits per heavy atom. The van der Waals surface area contributed by atoms with Gasteiger partial charge in [0.15, 0.2) is 90.2 Å². The van der Waals surface area contributed by atoms with Gasteiger partial charge in [0.1, 0.15) is 53.9 Å². The van der Waals surface area contributed by atoms with Crippen LogP contribution >= 0.6 is 0 Å². The fourth-order valence-electron chi connectivity index (χ4n) is 11.9. The van der Waals surface area contributed by atoms with Crippen LogP contribution in [0.4, 0.5) is 0 Å². The van der Waals surface area contributed by atoms with Gasteiger partial charge in [-0.15, -0.1) is 0 Å². The molecule has 2 aromatic rings. The molecule has 0 spiro atoms. The molecule has 0 aliphatic carbocycles. The zero-order valence-electron chi connectivity index (χ0n) is 51.7. The minimum absolute atomic E-state index is 0.0533. The van der Waals surface area contributed by atoms with Gasteiger partial charge >= 0.3 is 35.8 Å². The maximum atomic E-state index is 13.5. The standard InChI is InChI=1S/C62H78O27/c1-57(2)69-28-36(81-57)45-48(51-54(78-45)87-60(7,8)84-51)75-42(66)22-19-39(63)72-33-17-15-31(16-18-33)13-14-32-25-34(73-40(64)20-23-43(67)76-49-46(37-29-70-58(3,4)82-37)79-55-52(49)85-61(9,10)88-55)27-35(26-32)74-41(65)21-24-44(68)77-50-47(38-30-71-59(5,6)83-38)80-56-53(50)86-62(11,12)89-56/h13-18,25-27,36-38,45-56H,19-24,28-30H2,1-12H3/b14-13+. The van der Waals surface area contributed by atoms with Gasteiger partial charge in [-0.2, -0.15) is 0 Å². The maximum absolute atomic E-state index is 13.5. The molecule has 89 heavy (non-hydrogen) atoms. The number of carbonyl (C=O) groups excluding carboxylic acids is 6. The first-order chi connectivity index (χ1) is 41.8. The third-order valence-electron chi connectivity index (χ3n) is 15.6. The minimum Gasteiger partial charge on any atom is -0.456 e. The van der Waals surface area contributed by atoms with Crippen molar-refractivity contribution in [3.8, 4) is 17.2 Å². The monoisotopic (exact) mass is 1250 g/mol. The van der Waals surface area contributed by atoms with Gasteiger partial charge in [-0.25, -0.2) is 0 Å². The number of rotatable bonds is 20. The topological polar surface area (TPSA) is 296 Å². The lowest BCUT2D eigenvalue weighted by Gasteiger charge is -2.28. The number of ether oxygens (including phenoxy) is 21. The third kappa shape index (κ3) is 15.8. The van der Waals surface area contributed by atoms with Crippen LogP contribution in [-0.2, 0) is 114 Å². The van der Waals surface area contributed by atoms with Crippen LogP contribution in [0, 0.1) is 0 Å². The van der Waals surface area contributed by atoms with Crippen molar-refractivity contribution in [2.24, 2.45) is 0 Å². The molecule has 9 heterocycles. The molecule has 27 heteroatoms. The SMILES string of the molecule is CC1(C)OCC(C2OC3OC(C)(C)OC3C2OC(=O)CCC(=O)Oc2ccc(/C=C/c3cc(OC(=O)CCC(=O)OC4C(C5COC(C)(C)O5)OC5OC(C)(C)OC54)cc(OC(=O)CCC(=O)OC4C(C5COC(C)(C)O5)OC5OC(C)(C)OC54)c3)cc2)O1. The number of fused-ring (bicyclic) bond motifs is 3. The highest BCUT2D eigenvalue weighted by atomic mass is 16.9. The van der Waals surface area contributed by atoms with Crippen molar-refractivity contribution in [2.75, 3.05) is 19.8 Å². The van der Waals surface area contributed by atoms with E-state index < -0.39 is 188 Å². The molecule has 2 aromatic carbocycles. The Morgan fingerprint density at radius 1 is 0.360 bits per heavy atom. The van der Waals surface area contributed by atoms with E-state index in [2.05, 4.69) is 0 Å². The summed E-state index contributed by atoms with van der Waals surface area (Å²) in [4.78, 5) is 80.2. The van der Waals surface area contributed by atoms with Gasteiger partial charge in [-0.3, -0.25) is 28.8 Å². The summed E-state index contributed by atoms with van der Waals surface area (Å²) in [7, 11) is 0. The van der Waals surface area contributed by atoms with Crippen LogP contribution in [-0.4, -0.2) is 182 Å². The molecule has 27 nitrogen and oxygen atoms in total. The molecule has 488 valence electrons. The Morgan fingerprint density at radius 2 is 0.663 bits per heavy atom. The van der Waals surface area contributed by atoms with Crippen molar-refractivity contribution >= 4 is 48.0 Å². The molecule has 0 amide bonds. The molecule has 0 aromatic heterocycles. The van der Waals surface area contributed by atoms with Gasteiger partial charge in [0, 0.05) is 6.07 Å². The lowest BCUT2D eigenvalue weighted by atomic mass is 10.1. The molecule has 15 atom stereocenters. The third-order valence-corrected chi connectivity index (χ3v) is 15.6. The van der Waals surface area contributed by atoms with Crippen molar-refractivity contribution in [1.82, 2.24) is 0 Å². The first kappa shape index (κ1) is 64.9. The van der Waals surface area contributed by atoms with E-state index in [1.54, 1.807) is 120 Å². The second kappa shape index (κ2) is 25.1. The van der Waals surface area contributed by atoms with E-state index in [0.29, 0.717) is 11.1 Å². The van der Waals surface area contributed by atoms with Crippen LogP contribution in [0.5, 0.6) is 17.2 Å².